The monoisotopic (exact) mass is 460 g/mol. The largest absolute Gasteiger partial charge is 0.394 e. The van der Waals surface area contributed by atoms with Crippen molar-refractivity contribution >= 4 is 27.1 Å². The number of aliphatic hydroxyl groups excluding tert-OH is 1. The molecule has 0 bridgehead atoms. The summed E-state index contributed by atoms with van der Waals surface area (Å²) in [7, 11) is 2.11. The standard InChI is InChI=1S/C22H31F3N2O3S/c1-27-7-5-19(16(14-27)6-9-29-11-12-30-10-8-28)26-20-4-2-3-18-17(13-22(23,24)25)15-31-21(18)20/h2-4,15-16,19,26,28H,5-14H2,1H3. The summed E-state index contributed by atoms with van der Waals surface area (Å²) >= 11 is 1.37. The van der Waals surface area contributed by atoms with Gasteiger partial charge in [0.15, 0.2) is 0 Å². The number of likely N-dealkylation sites (tertiary alicyclic amines) is 1. The summed E-state index contributed by atoms with van der Waals surface area (Å²) in [6, 6.07) is 5.80. The third-order valence-corrected chi connectivity index (χ3v) is 6.67. The molecule has 1 aromatic heterocycles. The van der Waals surface area contributed by atoms with Crippen molar-refractivity contribution in [1.82, 2.24) is 4.90 Å². The molecule has 2 aromatic rings. The van der Waals surface area contributed by atoms with Crippen molar-refractivity contribution in [2.24, 2.45) is 5.92 Å². The zero-order valence-corrected chi connectivity index (χ0v) is 18.6. The highest BCUT2D eigenvalue weighted by atomic mass is 32.1. The summed E-state index contributed by atoms with van der Waals surface area (Å²) in [6.07, 6.45) is -3.24. The normalized spacial score (nSPS) is 20.4. The van der Waals surface area contributed by atoms with Crippen LogP contribution in [0, 0.1) is 5.92 Å². The van der Waals surface area contributed by atoms with Gasteiger partial charge in [0.25, 0.3) is 0 Å². The molecule has 2 N–H and O–H groups in total. The minimum Gasteiger partial charge on any atom is -0.394 e. The van der Waals surface area contributed by atoms with E-state index in [9.17, 15) is 13.2 Å². The van der Waals surface area contributed by atoms with Gasteiger partial charge in [0, 0.05) is 19.2 Å². The molecule has 0 radical (unpaired) electrons. The molecular formula is C22H31F3N2O3S. The third kappa shape index (κ3) is 7.32. The Bertz CT molecular complexity index is 815. The van der Waals surface area contributed by atoms with Crippen LogP contribution in [0.2, 0.25) is 0 Å². The second kappa shape index (κ2) is 11.5. The number of nitrogens with zero attached hydrogens (tertiary/aromatic N) is 1. The average molecular weight is 461 g/mol. The number of hydrogen-bond donors (Lipinski definition) is 2. The lowest BCUT2D eigenvalue weighted by atomic mass is 9.89. The topological polar surface area (TPSA) is 54.0 Å². The molecule has 9 heteroatoms. The Balaban J connectivity index is 1.62. The lowest BCUT2D eigenvalue weighted by Crippen LogP contribution is -2.45. The quantitative estimate of drug-likeness (QED) is 0.494. The van der Waals surface area contributed by atoms with E-state index in [2.05, 4.69) is 17.3 Å². The average Bonchev–Trinajstić information content (AvgIpc) is 3.11. The zero-order valence-electron chi connectivity index (χ0n) is 17.8. The molecular weight excluding hydrogens is 429 g/mol. The predicted octanol–water partition coefficient (Wildman–Crippen LogP) is 4.15. The molecule has 0 amide bonds. The summed E-state index contributed by atoms with van der Waals surface area (Å²) in [6.45, 7) is 3.84. The van der Waals surface area contributed by atoms with Crippen molar-refractivity contribution in [1.29, 1.82) is 0 Å². The fraction of sp³-hybridized carbons (Fsp3) is 0.636. The van der Waals surface area contributed by atoms with Crippen LogP contribution in [0.5, 0.6) is 0 Å². The number of fused-ring (bicyclic) bond motifs is 1. The molecule has 0 aliphatic carbocycles. The summed E-state index contributed by atoms with van der Waals surface area (Å²) < 4.78 is 50.5. The SMILES string of the molecule is CN1CCC(Nc2cccc3c(CC(F)(F)F)csc23)C(CCOCCOCCO)C1. The molecule has 1 aliphatic heterocycles. The Labute approximate surface area is 185 Å². The first kappa shape index (κ1) is 24.3. The van der Waals surface area contributed by atoms with Crippen LogP contribution in [0.3, 0.4) is 0 Å². The summed E-state index contributed by atoms with van der Waals surface area (Å²) in [5.41, 5.74) is 1.25. The molecule has 1 saturated heterocycles. The molecule has 2 unspecified atom stereocenters. The van der Waals surface area contributed by atoms with Crippen LogP contribution < -0.4 is 5.32 Å². The van der Waals surface area contributed by atoms with E-state index in [4.69, 9.17) is 14.6 Å². The van der Waals surface area contributed by atoms with E-state index < -0.39 is 12.6 Å². The minimum atomic E-state index is -4.21. The van der Waals surface area contributed by atoms with Crippen LogP contribution in [-0.2, 0) is 15.9 Å². The van der Waals surface area contributed by atoms with Gasteiger partial charge < -0.3 is 24.8 Å². The number of nitrogens with one attached hydrogen (secondary N) is 1. The van der Waals surface area contributed by atoms with Crippen molar-refractivity contribution in [2.75, 3.05) is 58.5 Å². The van der Waals surface area contributed by atoms with Crippen LogP contribution in [0.4, 0.5) is 18.9 Å². The fourth-order valence-corrected chi connectivity index (χ4v) is 5.14. The van der Waals surface area contributed by atoms with Crippen LogP contribution in [-0.4, -0.2) is 75.4 Å². The van der Waals surface area contributed by atoms with Crippen LogP contribution in [0.1, 0.15) is 18.4 Å². The number of alkyl halides is 3. The van der Waals surface area contributed by atoms with E-state index >= 15 is 0 Å². The molecule has 31 heavy (non-hydrogen) atoms. The molecule has 0 saturated carbocycles. The van der Waals surface area contributed by atoms with Gasteiger partial charge in [-0.2, -0.15) is 13.2 Å². The van der Waals surface area contributed by atoms with E-state index in [0.29, 0.717) is 43.3 Å². The lowest BCUT2D eigenvalue weighted by molar-refractivity contribution is -0.126. The van der Waals surface area contributed by atoms with Crippen LogP contribution >= 0.6 is 11.3 Å². The molecule has 1 fully saturated rings. The van der Waals surface area contributed by atoms with Gasteiger partial charge in [0.05, 0.1) is 43.2 Å². The Morgan fingerprint density at radius 1 is 1.19 bits per heavy atom. The summed E-state index contributed by atoms with van der Waals surface area (Å²) in [4.78, 5) is 2.31. The second-order valence-corrected chi connectivity index (χ2v) is 8.91. The van der Waals surface area contributed by atoms with Crippen molar-refractivity contribution in [2.45, 2.75) is 31.5 Å². The highest BCUT2D eigenvalue weighted by Gasteiger charge is 2.30. The van der Waals surface area contributed by atoms with Gasteiger partial charge in [-0.05, 0) is 54.7 Å². The molecule has 1 aromatic carbocycles. The van der Waals surface area contributed by atoms with Crippen molar-refractivity contribution in [3.8, 4) is 0 Å². The number of aliphatic hydroxyl groups is 1. The van der Waals surface area contributed by atoms with Crippen LogP contribution in [0.15, 0.2) is 23.6 Å². The third-order valence-electron chi connectivity index (χ3n) is 5.59. The van der Waals surface area contributed by atoms with Gasteiger partial charge in [0.2, 0.25) is 0 Å². The maximum atomic E-state index is 12.9. The number of rotatable bonds is 11. The molecule has 5 nitrogen and oxygen atoms in total. The van der Waals surface area contributed by atoms with Gasteiger partial charge >= 0.3 is 6.18 Å². The van der Waals surface area contributed by atoms with Crippen molar-refractivity contribution < 1.29 is 27.8 Å². The highest BCUT2D eigenvalue weighted by molar-refractivity contribution is 7.18. The first-order chi connectivity index (χ1) is 14.9. The number of halogens is 3. The Morgan fingerprint density at radius 3 is 2.71 bits per heavy atom. The first-order valence-corrected chi connectivity index (χ1v) is 11.5. The minimum absolute atomic E-state index is 0.0104. The number of anilines is 1. The number of thiophene rings is 1. The van der Waals surface area contributed by atoms with E-state index in [1.165, 1.54) is 11.3 Å². The van der Waals surface area contributed by atoms with E-state index in [1.54, 1.807) is 11.4 Å². The first-order valence-electron chi connectivity index (χ1n) is 10.6. The molecule has 174 valence electrons. The smallest absolute Gasteiger partial charge is 0.393 e. The fourth-order valence-electron chi connectivity index (χ4n) is 4.09. The number of hydrogen-bond acceptors (Lipinski definition) is 6. The van der Waals surface area contributed by atoms with Gasteiger partial charge in [0.1, 0.15) is 0 Å². The van der Waals surface area contributed by atoms with Crippen LogP contribution in [0.25, 0.3) is 10.1 Å². The lowest BCUT2D eigenvalue weighted by Gasteiger charge is -2.38. The molecule has 3 rings (SSSR count). The maximum absolute atomic E-state index is 12.9. The predicted molar refractivity (Wildman–Crippen MR) is 118 cm³/mol. The van der Waals surface area contributed by atoms with E-state index in [-0.39, 0.29) is 12.6 Å². The van der Waals surface area contributed by atoms with Crippen molar-refractivity contribution in [3.63, 3.8) is 0 Å². The Hall–Kier alpha value is -1.39. The summed E-state index contributed by atoms with van der Waals surface area (Å²) in [5, 5.41) is 14.6. The molecule has 1 aliphatic rings. The number of ether oxygens (including phenoxy) is 2. The molecule has 2 atom stereocenters. The Kier molecular flexibility index (Phi) is 8.97. The molecule has 0 spiro atoms. The Morgan fingerprint density at radius 2 is 1.97 bits per heavy atom. The highest BCUT2D eigenvalue weighted by Crippen LogP contribution is 2.36. The summed E-state index contributed by atoms with van der Waals surface area (Å²) in [5.74, 6) is 0.377. The maximum Gasteiger partial charge on any atom is 0.393 e. The van der Waals surface area contributed by atoms with E-state index in [1.807, 2.05) is 12.1 Å². The van der Waals surface area contributed by atoms with Gasteiger partial charge in [-0.3, -0.25) is 0 Å². The number of piperidine rings is 1. The van der Waals surface area contributed by atoms with Gasteiger partial charge in [-0.15, -0.1) is 11.3 Å². The van der Waals surface area contributed by atoms with Gasteiger partial charge in [-0.25, -0.2) is 0 Å². The van der Waals surface area contributed by atoms with E-state index in [0.717, 1.165) is 36.3 Å². The van der Waals surface area contributed by atoms with Crippen molar-refractivity contribution in [3.05, 3.63) is 29.1 Å². The second-order valence-electron chi connectivity index (χ2n) is 8.03. The van der Waals surface area contributed by atoms with Gasteiger partial charge in [-0.1, -0.05) is 12.1 Å². The molecule has 2 heterocycles. The zero-order chi connectivity index (χ0) is 22.3. The number of benzene rings is 1.